The van der Waals surface area contributed by atoms with Crippen molar-refractivity contribution < 1.29 is 0 Å². The van der Waals surface area contributed by atoms with E-state index in [9.17, 15) is 0 Å². The second-order valence-corrected chi connectivity index (χ2v) is 6.40. The van der Waals surface area contributed by atoms with Crippen molar-refractivity contribution in [2.45, 2.75) is 63.7 Å². The molecule has 2 aliphatic heterocycles. The van der Waals surface area contributed by atoms with Gasteiger partial charge in [-0.2, -0.15) is 0 Å². The largest absolute Gasteiger partial charge is 0.311 e. The van der Waals surface area contributed by atoms with Crippen LogP contribution < -0.4 is 5.32 Å². The summed E-state index contributed by atoms with van der Waals surface area (Å²) in [6.45, 7) is 5.72. The van der Waals surface area contributed by atoms with Crippen LogP contribution in [0, 0.1) is 0 Å². The lowest BCUT2D eigenvalue weighted by molar-refractivity contribution is 0.106. The van der Waals surface area contributed by atoms with Gasteiger partial charge in [-0.1, -0.05) is 6.92 Å². The molecule has 3 nitrogen and oxygen atoms in total. The molecular weight excluding hydrogens is 242 g/mol. The fourth-order valence-corrected chi connectivity index (χ4v) is 4.39. The number of rotatable bonds is 4. The van der Waals surface area contributed by atoms with Crippen molar-refractivity contribution in [3.63, 3.8) is 0 Å². The Kier molecular flexibility index (Phi) is 3.68. The van der Waals surface area contributed by atoms with Gasteiger partial charge >= 0.3 is 0 Å². The van der Waals surface area contributed by atoms with E-state index in [1.165, 1.54) is 31.4 Å². The first-order valence-corrected chi connectivity index (χ1v) is 8.12. The smallest absolute Gasteiger partial charge is 0.0795 e. The van der Waals surface area contributed by atoms with Gasteiger partial charge in [0.1, 0.15) is 0 Å². The van der Waals surface area contributed by atoms with Crippen LogP contribution in [0.15, 0.2) is 10.9 Å². The Hall–Kier alpha value is -0.450. The van der Waals surface area contributed by atoms with Crippen LogP contribution in [0.4, 0.5) is 0 Å². The highest BCUT2D eigenvalue weighted by atomic mass is 32.1. The zero-order valence-electron chi connectivity index (χ0n) is 11.3. The number of hydrogen-bond donors (Lipinski definition) is 1. The molecule has 0 saturated carbocycles. The van der Waals surface area contributed by atoms with Gasteiger partial charge in [0.05, 0.1) is 17.2 Å². The van der Waals surface area contributed by atoms with Gasteiger partial charge in [0.15, 0.2) is 0 Å². The molecule has 100 valence electrons. The molecule has 1 aromatic rings. The van der Waals surface area contributed by atoms with E-state index in [-0.39, 0.29) is 0 Å². The molecule has 1 aromatic heterocycles. The maximum absolute atomic E-state index is 4.49. The minimum Gasteiger partial charge on any atom is -0.311 e. The molecule has 2 aliphatic rings. The highest BCUT2D eigenvalue weighted by molar-refractivity contribution is 7.07. The summed E-state index contributed by atoms with van der Waals surface area (Å²) in [5, 5.41) is 5.93. The van der Waals surface area contributed by atoms with Crippen LogP contribution >= 0.6 is 11.3 Å². The number of piperidine rings is 1. The summed E-state index contributed by atoms with van der Waals surface area (Å²) in [5.74, 6) is 0. The number of thiazole rings is 1. The van der Waals surface area contributed by atoms with E-state index in [0.717, 1.165) is 24.7 Å². The predicted molar refractivity (Wildman–Crippen MR) is 75.9 cm³/mol. The Bertz CT molecular complexity index is 366. The van der Waals surface area contributed by atoms with E-state index < -0.39 is 0 Å². The Labute approximate surface area is 114 Å². The summed E-state index contributed by atoms with van der Waals surface area (Å²) in [6, 6.07) is 2.74. The molecular formula is C14H23N3S. The number of nitrogens with one attached hydrogen (secondary N) is 1. The van der Waals surface area contributed by atoms with Gasteiger partial charge < -0.3 is 5.32 Å². The second kappa shape index (κ2) is 5.27. The topological polar surface area (TPSA) is 28.2 Å². The summed E-state index contributed by atoms with van der Waals surface area (Å²) in [5.41, 5.74) is 3.19. The highest BCUT2D eigenvalue weighted by Crippen LogP contribution is 2.33. The average molecular weight is 265 g/mol. The van der Waals surface area contributed by atoms with Crippen LogP contribution in [0.3, 0.4) is 0 Å². The molecule has 0 amide bonds. The first kappa shape index (κ1) is 12.6. The number of nitrogens with zero attached hydrogens (tertiary/aromatic N) is 2. The zero-order valence-corrected chi connectivity index (χ0v) is 12.1. The van der Waals surface area contributed by atoms with Gasteiger partial charge in [0.2, 0.25) is 0 Å². The van der Waals surface area contributed by atoms with Crippen molar-refractivity contribution in [3.8, 4) is 0 Å². The summed E-state index contributed by atoms with van der Waals surface area (Å²) in [7, 11) is 0. The van der Waals surface area contributed by atoms with Crippen LogP contribution in [-0.2, 0) is 0 Å². The van der Waals surface area contributed by atoms with Crippen LogP contribution in [0.1, 0.15) is 51.3 Å². The molecule has 0 aliphatic carbocycles. The third kappa shape index (κ3) is 2.33. The molecule has 3 atom stereocenters. The molecule has 1 N–H and O–H groups in total. The fraction of sp³-hybridized carbons (Fsp3) is 0.786. The van der Waals surface area contributed by atoms with E-state index in [4.69, 9.17) is 0 Å². The second-order valence-electron chi connectivity index (χ2n) is 5.68. The first-order valence-electron chi connectivity index (χ1n) is 7.17. The molecule has 3 unspecified atom stereocenters. The molecule has 0 aromatic carbocycles. The monoisotopic (exact) mass is 265 g/mol. The van der Waals surface area contributed by atoms with E-state index in [1.807, 2.05) is 5.51 Å². The van der Waals surface area contributed by atoms with Gasteiger partial charge in [-0.25, -0.2) is 4.98 Å². The molecule has 2 bridgehead atoms. The van der Waals surface area contributed by atoms with Gasteiger partial charge in [-0.05, 0) is 39.2 Å². The number of aromatic nitrogens is 1. The Morgan fingerprint density at radius 3 is 2.72 bits per heavy atom. The standard InChI is InChI=1S/C14H23N3S/c1-3-17(10(2)14-8-18-9-15-14)13-6-11-4-5-12(7-13)16-11/h8-13,16H,3-7H2,1-2H3. The minimum atomic E-state index is 0.462. The lowest BCUT2D eigenvalue weighted by Gasteiger charge is -2.40. The molecule has 2 saturated heterocycles. The first-order chi connectivity index (χ1) is 8.78. The Morgan fingerprint density at radius 1 is 1.44 bits per heavy atom. The molecule has 0 spiro atoms. The van der Waals surface area contributed by atoms with Crippen molar-refractivity contribution in [2.75, 3.05) is 6.54 Å². The third-order valence-corrected chi connectivity index (χ3v) is 5.26. The number of hydrogen-bond acceptors (Lipinski definition) is 4. The van der Waals surface area contributed by atoms with Crippen molar-refractivity contribution in [1.82, 2.24) is 15.2 Å². The fourth-order valence-electron chi connectivity index (χ4n) is 3.74. The molecule has 2 fully saturated rings. The van der Waals surface area contributed by atoms with Gasteiger partial charge in [-0.3, -0.25) is 4.90 Å². The maximum atomic E-state index is 4.49. The summed E-state index contributed by atoms with van der Waals surface area (Å²) in [4.78, 5) is 7.15. The van der Waals surface area contributed by atoms with Crippen LogP contribution in [-0.4, -0.2) is 34.6 Å². The Balaban J connectivity index is 1.72. The highest BCUT2D eigenvalue weighted by Gasteiger charge is 2.37. The molecule has 18 heavy (non-hydrogen) atoms. The van der Waals surface area contributed by atoms with Crippen molar-refractivity contribution >= 4 is 11.3 Å². The van der Waals surface area contributed by atoms with Gasteiger partial charge in [0, 0.05) is 23.5 Å². The minimum absolute atomic E-state index is 0.462. The van der Waals surface area contributed by atoms with E-state index in [1.54, 1.807) is 11.3 Å². The van der Waals surface area contributed by atoms with Crippen molar-refractivity contribution in [2.24, 2.45) is 0 Å². The van der Waals surface area contributed by atoms with Crippen molar-refractivity contribution in [1.29, 1.82) is 0 Å². The van der Waals surface area contributed by atoms with Gasteiger partial charge in [-0.15, -0.1) is 11.3 Å². The quantitative estimate of drug-likeness (QED) is 0.907. The molecule has 3 heterocycles. The molecule has 4 heteroatoms. The van der Waals surface area contributed by atoms with Crippen LogP contribution in [0.25, 0.3) is 0 Å². The SMILES string of the molecule is CCN(C1CC2CCC(C1)N2)C(C)c1cscn1. The molecule has 3 rings (SSSR count). The third-order valence-electron chi connectivity index (χ3n) is 4.66. The normalized spacial score (nSPS) is 32.9. The van der Waals surface area contributed by atoms with Crippen molar-refractivity contribution in [3.05, 3.63) is 16.6 Å². The number of fused-ring (bicyclic) bond motifs is 2. The van der Waals surface area contributed by atoms with Gasteiger partial charge in [0.25, 0.3) is 0 Å². The summed E-state index contributed by atoms with van der Waals surface area (Å²) >= 11 is 1.71. The average Bonchev–Trinajstić information content (AvgIpc) is 3.00. The maximum Gasteiger partial charge on any atom is 0.0795 e. The lowest BCUT2D eigenvalue weighted by atomic mass is 9.96. The zero-order chi connectivity index (χ0) is 12.5. The lowest BCUT2D eigenvalue weighted by Crippen LogP contribution is -2.48. The molecule has 0 radical (unpaired) electrons. The summed E-state index contributed by atoms with van der Waals surface area (Å²) < 4.78 is 0. The summed E-state index contributed by atoms with van der Waals surface area (Å²) in [6.07, 6.45) is 5.39. The van der Waals surface area contributed by atoms with Crippen LogP contribution in [0.5, 0.6) is 0 Å². The van der Waals surface area contributed by atoms with E-state index in [0.29, 0.717) is 6.04 Å². The van der Waals surface area contributed by atoms with Crippen LogP contribution in [0.2, 0.25) is 0 Å². The Morgan fingerprint density at radius 2 is 2.17 bits per heavy atom. The van der Waals surface area contributed by atoms with E-state index in [2.05, 4.69) is 34.4 Å². The van der Waals surface area contributed by atoms with E-state index >= 15 is 0 Å². The predicted octanol–water partition coefficient (Wildman–Crippen LogP) is 2.81.